The lowest BCUT2D eigenvalue weighted by Crippen LogP contribution is -2.15. The van der Waals surface area contributed by atoms with Crippen molar-refractivity contribution >= 4 is 17.6 Å². The summed E-state index contributed by atoms with van der Waals surface area (Å²) in [7, 11) is 1.53. The van der Waals surface area contributed by atoms with Crippen LogP contribution in [-0.2, 0) is 19.1 Å². The standard InChI is InChI=1S/C18H27NO5/c1-14(2)10-11-23-16-6-4-15(5-7-16)19-17(20)8-9-18(21)24-13-12-22-3/h4-7,14H,8-13H2,1-3H3,(H,19,20). The summed E-state index contributed by atoms with van der Waals surface area (Å²) in [6.45, 7) is 5.53. The molecule has 1 N–H and O–H groups in total. The molecule has 0 aliphatic rings. The third kappa shape index (κ3) is 9.15. The second-order valence-electron chi connectivity index (χ2n) is 5.82. The van der Waals surface area contributed by atoms with Gasteiger partial charge in [-0.25, -0.2) is 0 Å². The summed E-state index contributed by atoms with van der Waals surface area (Å²) >= 11 is 0. The maximum absolute atomic E-state index is 11.8. The van der Waals surface area contributed by atoms with E-state index < -0.39 is 5.97 Å². The first-order chi connectivity index (χ1) is 11.5. The van der Waals surface area contributed by atoms with Crippen LogP contribution in [0.2, 0.25) is 0 Å². The molecular weight excluding hydrogens is 310 g/mol. The number of methoxy groups -OCH3 is 1. The first kappa shape index (κ1) is 20.0. The number of carbonyl (C=O) groups is 2. The summed E-state index contributed by atoms with van der Waals surface area (Å²) < 4.78 is 15.3. The van der Waals surface area contributed by atoms with Gasteiger partial charge in [-0.3, -0.25) is 9.59 Å². The number of esters is 1. The van der Waals surface area contributed by atoms with E-state index in [4.69, 9.17) is 14.2 Å². The van der Waals surface area contributed by atoms with Crippen LogP contribution < -0.4 is 10.1 Å². The van der Waals surface area contributed by atoms with Crippen molar-refractivity contribution < 1.29 is 23.8 Å². The van der Waals surface area contributed by atoms with Crippen LogP contribution >= 0.6 is 0 Å². The van der Waals surface area contributed by atoms with E-state index in [0.717, 1.165) is 12.2 Å². The molecule has 0 saturated carbocycles. The molecule has 6 nitrogen and oxygen atoms in total. The fourth-order valence-corrected chi connectivity index (χ4v) is 1.80. The van der Waals surface area contributed by atoms with Gasteiger partial charge in [-0.1, -0.05) is 13.8 Å². The van der Waals surface area contributed by atoms with Crippen LogP contribution in [0.15, 0.2) is 24.3 Å². The average molecular weight is 337 g/mol. The van der Waals surface area contributed by atoms with E-state index in [1.807, 2.05) is 12.1 Å². The maximum Gasteiger partial charge on any atom is 0.306 e. The van der Waals surface area contributed by atoms with Crippen LogP contribution in [0.5, 0.6) is 5.75 Å². The van der Waals surface area contributed by atoms with Crippen LogP contribution in [0.3, 0.4) is 0 Å². The molecule has 0 saturated heterocycles. The Hall–Kier alpha value is -2.08. The molecule has 0 spiro atoms. The number of nitrogens with one attached hydrogen (secondary N) is 1. The minimum atomic E-state index is -0.406. The first-order valence-corrected chi connectivity index (χ1v) is 8.18. The molecule has 1 aromatic rings. The second-order valence-corrected chi connectivity index (χ2v) is 5.82. The van der Waals surface area contributed by atoms with Crippen molar-refractivity contribution in [2.45, 2.75) is 33.1 Å². The molecule has 0 aliphatic carbocycles. The van der Waals surface area contributed by atoms with Gasteiger partial charge >= 0.3 is 5.97 Å². The van der Waals surface area contributed by atoms with Gasteiger partial charge in [-0.15, -0.1) is 0 Å². The SMILES string of the molecule is COCCOC(=O)CCC(=O)Nc1ccc(OCCC(C)C)cc1. The highest BCUT2D eigenvalue weighted by atomic mass is 16.6. The number of benzene rings is 1. The van der Waals surface area contributed by atoms with Crippen molar-refractivity contribution in [1.82, 2.24) is 0 Å². The summed E-state index contributed by atoms with van der Waals surface area (Å²) in [6.07, 6.45) is 1.13. The van der Waals surface area contributed by atoms with Gasteiger partial charge in [0.1, 0.15) is 12.4 Å². The Morgan fingerprint density at radius 2 is 1.75 bits per heavy atom. The Balaban J connectivity index is 2.27. The molecule has 0 unspecified atom stereocenters. The molecule has 0 aromatic heterocycles. The van der Waals surface area contributed by atoms with Crippen molar-refractivity contribution in [3.8, 4) is 5.75 Å². The molecule has 0 aliphatic heterocycles. The van der Waals surface area contributed by atoms with E-state index in [2.05, 4.69) is 19.2 Å². The van der Waals surface area contributed by atoms with E-state index >= 15 is 0 Å². The largest absolute Gasteiger partial charge is 0.494 e. The van der Waals surface area contributed by atoms with Gasteiger partial charge in [0.15, 0.2) is 0 Å². The molecule has 1 aromatic carbocycles. The molecule has 1 rings (SSSR count). The highest BCUT2D eigenvalue weighted by Crippen LogP contribution is 2.16. The van der Waals surface area contributed by atoms with Crippen molar-refractivity contribution in [2.75, 3.05) is 32.2 Å². The lowest BCUT2D eigenvalue weighted by molar-refractivity contribution is -0.145. The third-order valence-electron chi connectivity index (χ3n) is 3.21. The predicted octanol–water partition coefficient (Wildman–Crippen LogP) is 3.02. The maximum atomic E-state index is 11.8. The van der Waals surface area contributed by atoms with Crippen LogP contribution in [0.4, 0.5) is 5.69 Å². The van der Waals surface area contributed by atoms with Crippen LogP contribution in [-0.4, -0.2) is 38.8 Å². The van der Waals surface area contributed by atoms with E-state index in [1.54, 1.807) is 12.1 Å². The third-order valence-corrected chi connectivity index (χ3v) is 3.21. The number of hydrogen-bond acceptors (Lipinski definition) is 5. The highest BCUT2D eigenvalue weighted by molar-refractivity contribution is 5.92. The minimum absolute atomic E-state index is 0.0476. The van der Waals surface area contributed by atoms with E-state index in [9.17, 15) is 9.59 Å². The summed E-state index contributed by atoms with van der Waals surface area (Å²) in [5.41, 5.74) is 0.670. The normalized spacial score (nSPS) is 10.5. The fraction of sp³-hybridized carbons (Fsp3) is 0.556. The number of carbonyl (C=O) groups excluding carboxylic acids is 2. The van der Waals surface area contributed by atoms with Gasteiger partial charge in [0, 0.05) is 19.2 Å². The van der Waals surface area contributed by atoms with E-state index in [1.165, 1.54) is 7.11 Å². The molecule has 0 radical (unpaired) electrons. The van der Waals surface area contributed by atoms with Crippen molar-refractivity contribution in [1.29, 1.82) is 0 Å². The predicted molar refractivity (Wildman–Crippen MR) is 92.1 cm³/mol. The van der Waals surface area contributed by atoms with Crippen molar-refractivity contribution in [2.24, 2.45) is 5.92 Å². The second kappa shape index (κ2) is 11.5. The summed E-state index contributed by atoms with van der Waals surface area (Å²) in [5, 5.41) is 2.74. The molecule has 24 heavy (non-hydrogen) atoms. The molecule has 1 amide bonds. The molecule has 134 valence electrons. The van der Waals surface area contributed by atoms with E-state index in [-0.39, 0.29) is 25.4 Å². The van der Waals surface area contributed by atoms with Gasteiger partial charge in [0.25, 0.3) is 0 Å². The van der Waals surface area contributed by atoms with Crippen LogP contribution in [0.25, 0.3) is 0 Å². The Labute approximate surface area is 143 Å². The highest BCUT2D eigenvalue weighted by Gasteiger charge is 2.08. The number of hydrogen-bond donors (Lipinski definition) is 1. The van der Waals surface area contributed by atoms with Crippen LogP contribution in [0, 0.1) is 5.92 Å². The topological polar surface area (TPSA) is 73.9 Å². The number of amides is 1. The molecule has 0 heterocycles. The number of rotatable bonds is 11. The van der Waals surface area contributed by atoms with Gasteiger partial charge < -0.3 is 19.5 Å². The molecule has 0 atom stereocenters. The van der Waals surface area contributed by atoms with Crippen molar-refractivity contribution in [3.63, 3.8) is 0 Å². The molecular formula is C18H27NO5. The number of anilines is 1. The molecule has 6 heteroatoms. The Morgan fingerprint density at radius 3 is 2.38 bits per heavy atom. The summed E-state index contributed by atoms with van der Waals surface area (Å²) in [6, 6.07) is 7.18. The van der Waals surface area contributed by atoms with Gasteiger partial charge in [0.2, 0.25) is 5.91 Å². The zero-order valence-electron chi connectivity index (χ0n) is 14.7. The van der Waals surface area contributed by atoms with Gasteiger partial charge in [0.05, 0.1) is 19.6 Å². The van der Waals surface area contributed by atoms with Crippen LogP contribution in [0.1, 0.15) is 33.1 Å². The smallest absolute Gasteiger partial charge is 0.306 e. The first-order valence-electron chi connectivity index (χ1n) is 8.18. The zero-order chi connectivity index (χ0) is 17.8. The van der Waals surface area contributed by atoms with Gasteiger partial charge in [-0.05, 0) is 36.6 Å². The molecule has 0 fully saturated rings. The lowest BCUT2D eigenvalue weighted by atomic mass is 10.1. The summed E-state index contributed by atoms with van der Waals surface area (Å²) in [5.74, 6) is 0.739. The Bertz CT molecular complexity index is 499. The minimum Gasteiger partial charge on any atom is -0.494 e. The lowest BCUT2D eigenvalue weighted by Gasteiger charge is -2.09. The van der Waals surface area contributed by atoms with Gasteiger partial charge in [-0.2, -0.15) is 0 Å². The monoisotopic (exact) mass is 337 g/mol. The summed E-state index contributed by atoms with van der Waals surface area (Å²) in [4.78, 5) is 23.2. The Kier molecular flexibility index (Phi) is 9.53. The average Bonchev–Trinajstić information content (AvgIpc) is 2.54. The number of ether oxygens (including phenoxy) is 3. The van der Waals surface area contributed by atoms with E-state index in [0.29, 0.717) is 24.8 Å². The zero-order valence-corrected chi connectivity index (χ0v) is 14.7. The quantitative estimate of drug-likeness (QED) is 0.496. The Morgan fingerprint density at radius 1 is 1.04 bits per heavy atom. The fourth-order valence-electron chi connectivity index (χ4n) is 1.80. The molecule has 0 bridgehead atoms. The van der Waals surface area contributed by atoms with Crippen molar-refractivity contribution in [3.05, 3.63) is 24.3 Å².